The molecule has 1 atom stereocenters. The first kappa shape index (κ1) is 15.7. The van der Waals surface area contributed by atoms with E-state index in [0.29, 0.717) is 11.4 Å². The molecule has 1 aromatic heterocycles. The topological polar surface area (TPSA) is 72.2 Å². The minimum atomic E-state index is -3.15. The Kier molecular flexibility index (Phi) is 4.49. The fourth-order valence-corrected chi connectivity index (χ4v) is 2.76. The lowest BCUT2D eigenvalue weighted by Gasteiger charge is -2.14. The van der Waals surface area contributed by atoms with E-state index in [1.807, 2.05) is 32.9 Å². The Morgan fingerprint density at radius 1 is 1.24 bits per heavy atom. The molecule has 21 heavy (non-hydrogen) atoms. The van der Waals surface area contributed by atoms with E-state index in [4.69, 9.17) is 4.52 Å². The first-order chi connectivity index (χ1) is 9.79. The van der Waals surface area contributed by atoms with Gasteiger partial charge in [-0.1, -0.05) is 17.3 Å². The molecular weight excluding hydrogens is 288 g/mol. The summed E-state index contributed by atoms with van der Waals surface area (Å²) in [6.45, 7) is 6.51. The molecule has 0 fully saturated rings. The van der Waals surface area contributed by atoms with Crippen LogP contribution >= 0.6 is 0 Å². The summed E-state index contributed by atoms with van der Waals surface area (Å²) < 4.78 is 28.0. The molecule has 0 spiro atoms. The van der Waals surface area contributed by atoms with E-state index in [1.165, 1.54) is 6.26 Å². The van der Waals surface area contributed by atoms with Crippen LogP contribution in [0.15, 0.2) is 33.7 Å². The molecule has 0 radical (unpaired) electrons. The van der Waals surface area contributed by atoms with Gasteiger partial charge in [-0.05, 0) is 38.5 Å². The van der Waals surface area contributed by atoms with Gasteiger partial charge in [0.1, 0.15) is 5.76 Å². The first-order valence-electron chi connectivity index (χ1n) is 6.74. The van der Waals surface area contributed by atoms with Crippen molar-refractivity contribution in [3.8, 4) is 0 Å². The maximum Gasteiger partial charge on any atom is 0.175 e. The summed E-state index contributed by atoms with van der Waals surface area (Å²) in [6.07, 6.45) is 1.21. The van der Waals surface area contributed by atoms with Crippen molar-refractivity contribution in [2.75, 3.05) is 6.26 Å². The predicted octanol–water partition coefficient (Wildman–Crippen LogP) is 2.55. The number of nitrogens with one attached hydrogen (secondary N) is 1. The van der Waals surface area contributed by atoms with Crippen LogP contribution in [0.3, 0.4) is 0 Å². The fraction of sp³-hybridized carbons (Fsp3) is 0.400. The van der Waals surface area contributed by atoms with E-state index < -0.39 is 9.84 Å². The molecule has 0 saturated heterocycles. The molecule has 0 aliphatic rings. The van der Waals surface area contributed by atoms with Gasteiger partial charge in [0.25, 0.3) is 0 Å². The zero-order chi connectivity index (χ0) is 15.6. The van der Waals surface area contributed by atoms with Crippen molar-refractivity contribution >= 4 is 9.84 Å². The van der Waals surface area contributed by atoms with E-state index in [9.17, 15) is 8.42 Å². The van der Waals surface area contributed by atoms with Crippen LogP contribution in [0.25, 0.3) is 0 Å². The summed E-state index contributed by atoms with van der Waals surface area (Å²) in [5.74, 6) is 0.819. The van der Waals surface area contributed by atoms with Crippen LogP contribution in [0.1, 0.15) is 35.5 Å². The minimum absolute atomic E-state index is 0.104. The first-order valence-corrected chi connectivity index (χ1v) is 8.63. The Hall–Kier alpha value is -1.66. The van der Waals surface area contributed by atoms with Crippen LogP contribution in [0.4, 0.5) is 0 Å². The van der Waals surface area contributed by atoms with Crippen molar-refractivity contribution in [2.24, 2.45) is 0 Å². The summed E-state index contributed by atoms with van der Waals surface area (Å²) in [4.78, 5) is 0.337. The summed E-state index contributed by atoms with van der Waals surface area (Å²) in [5, 5.41) is 7.32. The molecule has 1 N–H and O–H groups in total. The number of aromatic nitrogens is 1. The van der Waals surface area contributed by atoms with Crippen LogP contribution in [-0.4, -0.2) is 19.8 Å². The van der Waals surface area contributed by atoms with Gasteiger partial charge in [0.05, 0.1) is 10.6 Å². The minimum Gasteiger partial charge on any atom is -0.361 e. The average molecular weight is 308 g/mol. The van der Waals surface area contributed by atoms with E-state index in [-0.39, 0.29) is 6.04 Å². The van der Waals surface area contributed by atoms with Gasteiger partial charge in [-0.25, -0.2) is 8.42 Å². The third-order valence-corrected chi connectivity index (χ3v) is 4.70. The smallest absolute Gasteiger partial charge is 0.175 e. The number of hydrogen-bond acceptors (Lipinski definition) is 5. The van der Waals surface area contributed by atoms with Crippen LogP contribution in [0.2, 0.25) is 0 Å². The monoisotopic (exact) mass is 308 g/mol. The van der Waals surface area contributed by atoms with Gasteiger partial charge in [0, 0.05) is 24.4 Å². The van der Waals surface area contributed by atoms with E-state index in [1.54, 1.807) is 12.1 Å². The average Bonchev–Trinajstić information content (AvgIpc) is 2.75. The SMILES string of the molecule is Cc1noc(C)c1CNC(C)c1ccc(S(C)(=O)=O)cc1. The molecule has 114 valence electrons. The molecule has 0 bridgehead atoms. The molecule has 2 rings (SSSR count). The predicted molar refractivity (Wildman–Crippen MR) is 80.8 cm³/mol. The van der Waals surface area contributed by atoms with Crippen LogP contribution in [0, 0.1) is 13.8 Å². The second-order valence-corrected chi connectivity index (χ2v) is 7.26. The van der Waals surface area contributed by atoms with Gasteiger partial charge < -0.3 is 9.84 Å². The lowest BCUT2D eigenvalue weighted by Crippen LogP contribution is -2.18. The van der Waals surface area contributed by atoms with E-state index in [2.05, 4.69) is 10.5 Å². The number of rotatable bonds is 5. The molecule has 0 saturated carbocycles. The third-order valence-electron chi connectivity index (χ3n) is 3.57. The third kappa shape index (κ3) is 3.71. The molecule has 0 aliphatic carbocycles. The van der Waals surface area contributed by atoms with Gasteiger partial charge >= 0.3 is 0 Å². The van der Waals surface area contributed by atoms with Crippen LogP contribution < -0.4 is 5.32 Å². The van der Waals surface area contributed by atoms with Crippen LogP contribution in [0.5, 0.6) is 0 Å². The highest BCUT2D eigenvalue weighted by Crippen LogP contribution is 2.18. The van der Waals surface area contributed by atoms with Crippen molar-refractivity contribution in [3.63, 3.8) is 0 Å². The highest BCUT2D eigenvalue weighted by Gasteiger charge is 2.12. The lowest BCUT2D eigenvalue weighted by molar-refractivity contribution is 0.391. The second kappa shape index (κ2) is 5.99. The Labute approximate surface area is 125 Å². The number of hydrogen-bond donors (Lipinski definition) is 1. The van der Waals surface area contributed by atoms with Gasteiger partial charge in [-0.3, -0.25) is 0 Å². The summed E-state index contributed by atoms with van der Waals surface area (Å²) in [5.41, 5.74) is 2.99. The number of aryl methyl sites for hydroxylation is 2. The van der Waals surface area contributed by atoms with E-state index in [0.717, 1.165) is 22.6 Å². The lowest BCUT2D eigenvalue weighted by atomic mass is 10.1. The van der Waals surface area contributed by atoms with Gasteiger partial charge in [0.2, 0.25) is 0 Å². The maximum atomic E-state index is 11.4. The maximum absolute atomic E-state index is 11.4. The van der Waals surface area contributed by atoms with Gasteiger partial charge in [-0.15, -0.1) is 0 Å². The van der Waals surface area contributed by atoms with Crippen molar-refractivity contribution in [1.82, 2.24) is 10.5 Å². The van der Waals surface area contributed by atoms with Crippen molar-refractivity contribution < 1.29 is 12.9 Å². The zero-order valence-corrected chi connectivity index (χ0v) is 13.5. The molecule has 0 amide bonds. The molecule has 6 heteroatoms. The zero-order valence-electron chi connectivity index (χ0n) is 12.7. The van der Waals surface area contributed by atoms with Gasteiger partial charge in [0.15, 0.2) is 9.84 Å². The largest absolute Gasteiger partial charge is 0.361 e. The highest BCUT2D eigenvalue weighted by molar-refractivity contribution is 7.90. The summed E-state index contributed by atoms with van der Waals surface area (Å²) in [7, 11) is -3.15. The molecular formula is C15H20N2O3S. The van der Waals surface area contributed by atoms with Crippen LogP contribution in [-0.2, 0) is 16.4 Å². The standard InChI is InChI=1S/C15H20N2O3S/c1-10(16-9-15-11(2)17-20-12(15)3)13-5-7-14(8-6-13)21(4,18)19/h5-8,10,16H,9H2,1-4H3. The van der Waals surface area contributed by atoms with Gasteiger partial charge in [-0.2, -0.15) is 0 Å². The Morgan fingerprint density at radius 3 is 2.33 bits per heavy atom. The number of benzene rings is 1. The van der Waals surface area contributed by atoms with Crippen molar-refractivity contribution in [1.29, 1.82) is 0 Å². The summed E-state index contributed by atoms with van der Waals surface area (Å²) in [6, 6.07) is 7.05. The normalized spacial score (nSPS) is 13.3. The number of nitrogens with zero attached hydrogens (tertiary/aromatic N) is 1. The van der Waals surface area contributed by atoms with Crippen molar-refractivity contribution in [3.05, 3.63) is 46.8 Å². The van der Waals surface area contributed by atoms with Crippen molar-refractivity contribution in [2.45, 2.75) is 38.3 Å². The summed E-state index contributed by atoms with van der Waals surface area (Å²) >= 11 is 0. The second-order valence-electron chi connectivity index (χ2n) is 5.25. The quantitative estimate of drug-likeness (QED) is 0.919. The molecule has 1 unspecified atom stereocenters. The number of sulfone groups is 1. The fourth-order valence-electron chi connectivity index (χ4n) is 2.13. The Morgan fingerprint density at radius 2 is 1.86 bits per heavy atom. The Bertz CT molecular complexity index is 698. The highest BCUT2D eigenvalue weighted by atomic mass is 32.2. The molecule has 0 aliphatic heterocycles. The molecule has 1 heterocycles. The van der Waals surface area contributed by atoms with E-state index >= 15 is 0 Å². The molecule has 1 aromatic carbocycles. The molecule has 5 nitrogen and oxygen atoms in total. The molecule has 2 aromatic rings. The Balaban J connectivity index is 2.05.